The average molecular weight is 487 g/mol. The molecule has 180 valence electrons. The van der Waals surface area contributed by atoms with Crippen molar-refractivity contribution in [1.29, 1.82) is 0 Å². The molecule has 34 heavy (non-hydrogen) atoms. The van der Waals surface area contributed by atoms with Gasteiger partial charge in [-0.15, -0.1) is 0 Å². The SMILES string of the molecule is CCN(CC)CC=Cc1cc(F)ccc1S(=O)(=O)Nc1ccc2c(nc3n2CCC3)c1C(=O)O. The summed E-state index contributed by atoms with van der Waals surface area (Å²) in [5, 5.41) is 9.88. The summed E-state index contributed by atoms with van der Waals surface area (Å²) in [6.45, 7) is 7.02. The molecule has 2 N–H and O–H groups in total. The summed E-state index contributed by atoms with van der Waals surface area (Å²) in [5.41, 5.74) is 0.803. The molecule has 0 unspecified atom stereocenters. The molecule has 0 atom stereocenters. The summed E-state index contributed by atoms with van der Waals surface area (Å²) < 4.78 is 44.9. The first-order chi connectivity index (χ1) is 16.2. The maximum absolute atomic E-state index is 14.0. The number of carbonyl (C=O) groups is 1. The maximum Gasteiger partial charge on any atom is 0.340 e. The van der Waals surface area contributed by atoms with Crippen LogP contribution in [0.5, 0.6) is 0 Å². The van der Waals surface area contributed by atoms with Crippen molar-refractivity contribution in [3.05, 3.63) is 59.2 Å². The summed E-state index contributed by atoms with van der Waals surface area (Å²) in [4.78, 5) is 18.6. The van der Waals surface area contributed by atoms with Crippen LogP contribution in [0.15, 0.2) is 41.3 Å². The number of imidazole rings is 1. The van der Waals surface area contributed by atoms with E-state index in [2.05, 4.69) is 14.6 Å². The first-order valence-corrected chi connectivity index (χ1v) is 12.7. The van der Waals surface area contributed by atoms with Crippen LogP contribution in [0.25, 0.3) is 17.1 Å². The Labute approximate surface area is 197 Å². The van der Waals surface area contributed by atoms with Crippen LogP contribution in [0.4, 0.5) is 10.1 Å². The summed E-state index contributed by atoms with van der Waals surface area (Å²) >= 11 is 0. The van der Waals surface area contributed by atoms with Crippen LogP contribution >= 0.6 is 0 Å². The topological polar surface area (TPSA) is 105 Å². The molecule has 1 aromatic heterocycles. The molecule has 2 heterocycles. The van der Waals surface area contributed by atoms with Crippen molar-refractivity contribution in [2.45, 2.75) is 38.1 Å². The molecule has 0 saturated carbocycles. The van der Waals surface area contributed by atoms with E-state index in [9.17, 15) is 22.7 Å². The first kappa shape index (κ1) is 23.9. The van der Waals surface area contributed by atoms with Crippen molar-refractivity contribution in [3.63, 3.8) is 0 Å². The number of rotatable bonds is 9. The number of benzene rings is 2. The van der Waals surface area contributed by atoms with Crippen LogP contribution < -0.4 is 4.72 Å². The van der Waals surface area contributed by atoms with Crippen molar-refractivity contribution >= 4 is 38.8 Å². The molecule has 1 aliphatic heterocycles. The fourth-order valence-electron chi connectivity index (χ4n) is 4.28. The Bertz CT molecular complexity index is 1380. The molecule has 4 rings (SSSR count). The fraction of sp³-hybridized carbons (Fsp3) is 0.333. The highest BCUT2D eigenvalue weighted by atomic mass is 32.2. The van der Waals surface area contributed by atoms with E-state index in [1.807, 2.05) is 18.4 Å². The molecular weight excluding hydrogens is 459 g/mol. The quantitative estimate of drug-likeness (QED) is 0.474. The second-order valence-electron chi connectivity index (χ2n) is 8.12. The molecule has 3 aromatic rings. The van der Waals surface area contributed by atoms with Gasteiger partial charge in [0.1, 0.15) is 22.7 Å². The third-order valence-corrected chi connectivity index (χ3v) is 7.50. The molecule has 1 aliphatic rings. The number of aromatic carboxylic acids is 1. The zero-order valence-electron chi connectivity index (χ0n) is 19.1. The first-order valence-electron chi connectivity index (χ1n) is 11.2. The third kappa shape index (κ3) is 4.55. The van der Waals surface area contributed by atoms with Crippen LogP contribution in [0, 0.1) is 5.82 Å². The minimum Gasteiger partial charge on any atom is -0.478 e. The van der Waals surface area contributed by atoms with Crippen molar-refractivity contribution in [1.82, 2.24) is 14.5 Å². The molecular formula is C24H27FN4O4S. The van der Waals surface area contributed by atoms with E-state index in [0.29, 0.717) is 12.1 Å². The molecule has 0 saturated heterocycles. The van der Waals surface area contributed by atoms with Gasteiger partial charge in [0.05, 0.1) is 16.1 Å². The number of fused-ring (bicyclic) bond motifs is 3. The predicted octanol–water partition coefficient (Wildman–Crippen LogP) is 3.98. The van der Waals surface area contributed by atoms with Gasteiger partial charge in [0.2, 0.25) is 0 Å². The number of carboxylic acids is 1. The molecule has 2 aromatic carbocycles. The van der Waals surface area contributed by atoms with E-state index in [-0.39, 0.29) is 27.2 Å². The average Bonchev–Trinajstić information content (AvgIpc) is 3.37. The molecule has 0 amide bonds. The highest BCUT2D eigenvalue weighted by Crippen LogP contribution is 2.31. The Balaban J connectivity index is 1.72. The van der Waals surface area contributed by atoms with Crippen molar-refractivity contribution in [2.24, 2.45) is 0 Å². The molecule has 0 spiro atoms. The Morgan fingerprint density at radius 1 is 1.26 bits per heavy atom. The van der Waals surface area contributed by atoms with E-state index in [1.54, 1.807) is 18.2 Å². The lowest BCUT2D eigenvalue weighted by molar-refractivity contribution is 0.0700. The van der Waals surface area contributed by atoms with Crippen LogP contribution in [0.2, 0.25) is 0 Å². The number of sulfonamides is 1. The smallest absolute Gasteiger partial charge is 0.340 e. The number of likely N-dealkylation sites (N-methyl/N-ethyl adjacent to an activating group) is 1. The molecule has 8 nitrogen and oxygen atoms in total. The summed E-state index contributed by atoms with van der Waals surface area (Å²) in [6.07, 6.45) is 5.02. The number of anilines is 1. The lowest BCUT2D eigenvalue weighted by atomic mass is 10.1. The minimum atomic E-state index is -4.22. The highest BCUT2D eigenvalue weighted by Gasteiger charge is 2.26. The number of halogens is 1. The normalized spacial score (nSPS) is 13.8. The van der Waals surface area contributed by atoms with Gasteiger partial charge in [-0.25, -0.2) is 22.6 Å². The van der Waals surface area contributed by atoms with Gasteiger partial charge in [0.25, 0.3) is 10.0 Å². The van der Waals surface area contributed by atoms with Crippen molar-refractivity contribution in [2.75, 3.05) is 24.4 Å². The van der Waals surface area contributed by atoms with Gasteiger partial charge in [-0.2, -0.15) is 0 Å². The van der Waals surface area contributed by atoms with E-state index in [1.165, 1.54) is 12.1 Å². The van der Waals surface area contributed by atoms with Gasteiger partial charge in [-0.3, -0.25) is 4.72 Å². The molecule has 0 radical (unpaired) electrons. The van der Waals surface area contributed by atoms with Gasteiger partial charge >= 0.3 is 5.97 Å². The monoisotopic (exact) mass is 486 g/mol. The number of nitrogens with one attached hydrogen (secondary N) is 1. The Hall–Kier alpha value is -3.24. The van der Waals surface area contributed by atoms with Gasteiger partial charge in [-0.05, 0) is 55.4 Å². The summed E-state index contributed by atoms with van der Waals surface area (Å²) in [6, 6.07) is 6.51. The van der Waals surface area contributed by atoms with Crippen molar-refractivity contribution < 1.29 is 22.7 Å². The zero-order valence-corrected chi connectivity index (χ0v) is 19.9. The fourth-order valence-corrected chi connectivity index (χ4v) is 5.54. The number of carboxylic acid groups (broad SMARTS) is 1. The third-order valence-electron chi connectivity index (χ3n) is 6.06. The van der Waals surface area contributed by atoms with Gasteiger partial charge in [-0.1, -0.05) is 26.0 Å². The Morgan fingerprint density at radius 3 is 2.74 bits per heavy atom. The number of aromatic nitrogens is 2. The molecule has 10 heteroatoms. The maximum atomic E-state index is 14.0. The van der Waals surface area contributed by atoms with Crippen LogP contribution in [-0.2, 0) is 23.0 Å². The molecule has 0 bridgehead atoms. The highest BCUT2D eigenvalue weighted by molar-refractivity contribution is 7.92. The lowest BCUT2D eigenvalue weighted by Gasteiger charge is -2.15. The molecule has 0 aliphatic carbocycles. The van der Waals surface area contributed by atoms with Crippen LogP contribution in [0.1, 0.15) is 42.0 Å². The number of hydrogen-bond donors (Lipinski definition) is 2. The second-order valence-corrected chi connectivity index (χ2v) is 9.77. The van der Waals surface area contributed by atoms with E-state index in [4.69, 9.17) is 0 Å². The van der Waals surface area contributed by atoms with E-state index in [0.717, 1.165) is 50.4 Å². The van der Waals surface area contributed by atoms with E-state index < -0.39 is 21.8 Å². The second kappa shape index (κ2) is 9.55. The summed E-state index contributed by atoms with van der Waals surface area (Å²) in [7, 11) is -4.22. The zero-order chi connectivity index (χ0) is 24.5. The number of hydrogen-bond acceptors (Lipinski definition) is 5. The van der Waals surface area contributed by atoms with Crippen LogP contribution in [-0.4, -0.2) is 53.6 Å². The van der Waals surface area contributed by atoms with Crippen molar-refractivity contribution in [3.8, 4) is 0 Å². The Morgan fingerprint density at radius 2 is 2.03 bits per heavy atom. The minimum absolute atomic E-state index is 0.0841. The predicted molar refractivity (Wildman–Crippen MR) is 129 cm³/mol. The van der Waals surface area contributed by atoms with E-state index >= 15 is 0 Å². The summed E-state index contributed by atoms with van der Waals surface area (Å²) in [5.74, 6) is -1.06. The number of nitrogens with zero attached hydrogens (tertiary/aromatic N) is 3. The van der Waals surface area contributed by atoms with Gasteiger partial charge < -0.3 is 14.6 Å². The van der Waals surface area contributed by atoms with Gasteiger partial charge in [0.15, 0.2) is 0 Å². The Kier molecular flexibility index (Phi) is 6.72. The molecule has 0 fully saturated rings. The van der Waals surface area contributed by atoms with Gasteiger partial charge in [0, 0.05) is 19.5 Å². The van der Waals surface area contributed by atoms with Crippen LogP contribution in [0.3, 0.4) is 0 Å². The standard InChI is InChI=1S/C24H27FN4O4S/c1-3-28(4-2)13-5-7-16-15-17(25)9-12-20(16)34(32,33)27-18-10-11-19-23(22(18)24(30)31)26-21-8-6-14-29(19)21/h5,7,9-12,15,27H,3-4,6,8,13-14H2,1-2H3,(H,30,31). The largest absolute Gasteiger partial charge is 0.478 e. The number of aryl methyl sites for hydroxylation is 2. The lowest BCUT2D eigenvalue weighted by Crippen LogP contribution is -2.22.